The predicted octanol–water partition coefficient (Wildman–Crippen LogP) is 0.823. The molecule has 8 nitrogen and oxygen atoms in total. The standard InChI is InChI=1S/C19H27N3O5/c1-25-15-3-4-16(17(12-15)26-2)20-19(24)14-11-18(23)22(13-14)6-5-21-7-9-27-10-8-21/h3-4,12,14H,5-11,13H2,1-2H3,(H,20,24). The van der Waals surface area contributed by atoms with Crippen LogP contribution in [0.25, 0.3) is 0 Å². The van der Waals surface area contributed by atoms with Gasteiger partial charge in [-0.15, -0.1) is 0 Å². The molecular formula is C19H27N3O5. The quantitative estimate of drug-likeness (QED) is 0.758. The SMILES string of the molecule is COc1ccc(NC(=O)C2CC(=O)N(CCN3CCOCC3)C2)c(OC)c1. The van der Waals surface area contributed by atoms with Crippen molar-refractivity contribution in [1.29, 1.82) is 0 Å². The van der Waals surface area contributed by atoms with Crippen molar-refractivity contribution in [2.45, 2.75) is 6.42 Å². The van der Waals surface area contributed by atoms with Gasteiger partial charge in [-0.25, -0.2) is 0 Å². The molecule has 2 heterocycles. The first kappa shape index (κ1) is 19.4. The number of anilines is 1. The minimum absolute atomic E-state index is 0.0325. The highest BCUT2D eigenvalue weighted by Gasteiger charge is 2.34. The molecule has 2 aliphatic rings. The number of likely N-dealkylation sites (tertiary alicyclic amines) is 1. The molecule has 0 bridgehead atoms. The van der Waals surface area contributed by atoms with Crippen LogP contribution in [0.3, 0.4) is 0 Å². The second-order valence-electron chi connectivity index (χ2n) is 6.75. The fraction of sp³-hybridized carbons (Fsp3) is 0.579. The van der Waals surface area contributed by atoms with Crippen molar-refractivity contribution in [2.24, 2.45) is 5.92 Å². The highest BCUT2D eigenvalue weighted by Crippen LogP contribution is 2.30. The molecule has 2 amide bonds. The number of hydrogen-bond donors (Lipinski definition) is 1. The summed E-state index contributed by atoms with van der Waals surface area (Å²) in [6, 6.07) is 5.21. The number of methoxy groups -OCH3 is 2. The summed E-state index contributed by atoms with van der Waals surface area (Å²) in [5.41, 5.74) is 0.572. The number of rotatable bonds is 7. The fourth-order valence-electron chi connectivity index (χ4n) is 3.39. The van der Waals surface area contributed by atoms with E-state index in [1.807, 2.05) is 0 Å². The molecule has 3 rings (SSSR count). The van der Waals surface area contributed by atoms with Gasteiger partial charge in [0, 0.05) is 45.2 Å². The number of morpholine rings is 1. The van der Waals surface area contributed by atoms with Gasteiger partial charge in [0.2, 0.25) is 11.8 Å². The Labute approximate surface area is 159 Å². The minimum atomic E-state index is -0.353. The van der Waals surface area contributed by atoms with Crippen LogP contribution < -0.4 is 14.8 Å². The first-order valence-electron chi connectivity index (χ1n) is 9.21. The van der Waals surface area contributed by atoms with Gasteiger partial charge in [-0.3, -0.25) is 14.5 Å². The van der Waals surface area contributed by atoms with Gasteiger partial charge in [-0.05, 0) is 12.1 Å². The number of nitrogens with one attached hydrogen (secondary N) is 1. The molecular weight excluding hydrogens is 350 g/mol. The molecule has 0 aliphatic carbocycles. The Balaban J connectivity index is 1.54. The van der Waals surface area contributed by atoms with Crippen LogP contribution in [0, 0.1) is 5.92 Å². The van der Waals surface area contributed by atoms with Crippen LogP contribution in [0.15, 0.2) is 18.2 Å². The third kappa shape index (κ3) is 4.90. The Morgan fingerprint density at radius 3 is 2.70 bits per heavy atom. The summed E-state index contributed by atoms with van der Waals surface area (Å²) >= 11 is 0. The number of carbonyl (C=O) groups is 2. The topological polar surface area (TPSA) is 80.3 Å². The Morgan fingerprint density at radius 1 is 1.22 bits per heavy atom. The molecule has 1 aromatic carbocycles. The normalized spacial score (nSPS) is 20.6. The van der Waals surface area contributed by atoms with Gasteiger partial charge in [0.05, 0.1) is 39.0 Å². The molecule has 2 aliphatic heterocycles. The Morgan fingerprint density at radius 2 is 2.00 bits per heavy atom. The molecule has 0 spiro atoms. The maximum atomic E-state index is 12.6. The summed E-state index contributed by atoms with van der Waals surface area (Å²) < 4.78 is 15.8. The summed E-state index contributed by atoms with van der Waals surface area (Å²) in [4.78, 5) is 29.0. The van der Waals surface area contributed by atoms with Crippen molar-refractivity contribution in [1.82, 2.24) is 9.80 Å². The van der Waals surface area contributed by atoms with Gasteiger partial charge in [-0.1, -0.05) is 0 Å². The van der Waals surface area contributed by atoms with Crippen molar-refractivity contribution in [3.63, 3.8) is 0 Å². The Kier molecular flexibility index (Phi) is 6.52. The van der Waals surface area contributed by atoms with Crippen LogP contribution in [0.2, 0.25) is 0 Å². The smallest absolute Gasteiger partial charge is 0.229 e. The van der Waals surface area contributed by atoms with Crippen LogP contribution in [0.5, 0.6) is 11.5 Å². The molecule has 27 heavy (non-hydrogen) atoms. The predicted molar refractivity (Wildman–Crippen MR) is 100 cm³/mol. The van der Waals surface area contributed by atoms with E-state index in [9.17, 15) is 9.59 Å². The van der Waals surface area contributed by atoms with Gasteiger partial charge >= 0.3 is 0 Å². The molecule has 148 valence electrons. The lowest BCUT2D eigenvalue weighted by Crippen LogP contribution is -2.42. The minimum Gasteiger partial charge on any atom is -0.497 e. The molecule has 1 unspecified atom stereocenters. The lowest BCUT2D eigenvalue weighted by molar-refractivity contribution is -0.128. The third-order valence-corrected chi connectivity index (χ3v) is 5.04. The number of nitrogens with zero attached hydrogens (tertiary/aromatic N) is 2. The summed E-state index contributed by atoms with van der Waals surface area (Å²) in [5, 5.41) is 2.88. The van der Waals surface area contributed by atoms with E-state index in [1.54, 1.807) is 30.2 Å². The average Bonchev–Trinajstić information content (AvgIpc) is 3.08. The van der Waals surface area contributed by atoms with E-state index in [4.69, 9.17) is 14.2 Å². The lowest BCUT2D eigenvalue weighted by Gasteiger charge is -2.28. The zero-order valence-electron chi connectivity index (χ0n) is 15.9. The first-order chi connectivity index (χ1) is 13.1. The second-order valence-corrected chi connectivity index (χ2v) is 6.75. The number of hydrogen-bond acceptors (Lipinski definition) is 6. The third-order valence-electron chi connectivity index (χ3n) is 5.04. The molecule has 8 heteroatoms. The van der Waals surface area contributed by atoms with Crippen molar-refractivity contribution < 1.29 is 23.8 Å². The number of ether oxygens (including phenoxy) is 3. The van der Waals surface area contributed by atoms with Crippen LogP contribution >= 0.6 is 0 Å². The van der Waals surface area contributed by atoms with Crippen LogP contribution in [-0.2, 0) is 14.3 Å². The fourth-order valence-corrected chi connectivity index (χ4v) is 3.39. The highest BCUT2D eigenvalue weighted by atomic mass is 16.5. The zero-order chi connectivity index (χ0) is 19.2. The van der Waals surface area contributed by atoms with Gasteiger partial charge in [-0.2, -0.15) is 0 Å². The van der Waals surface area contributed by atoms with E-state index in [1.165, 1.54) is 7.11 Å². The number of carbonyl (C=O) groups excluding carboxylic acids is 2. The van der Waals surface area contributed by atoms with E-state index < -0.39 is 0 Å². The van der Waals surface area contributed by atoms with Crippen molar-refractivity contribution in [3.8, 4) is 11.5 Å². The van der Waals surface area contributed by atoms with Crippen molar-refractivity contribution in [3.05, 3.63) is 18.2 Å². The molecule has 1 N–H and O–H groups in total. The molecule has 2 fully saturated rings. The van der Waals surface area contributed by atoms with Gasteiger partial charge in [0.15, 0.2) is 0 Å². The van der Waals surface area contributed by atoms with Gasteiger partial charge in [0.25, 0.3) is 0 Å². The summed E-state index contributed by atoms with van der Waals surface area (Å²) in [6.45, 7) is 5.18. The molecule has 0 saturated carbocycles. The van der Waals surface area contributed by atoms with Crippen molar-refractivity contribution >= 4 is 17.5 Å². The van der Waals surface area contributed by atoms with Gasteiger partial charge in [0.1, 0.15) is 11.5 Å². The van der Waals surface area contributed by atoms with E-state index in [0.29, 0.717) is 30.3 Å². The Bertz CT molecular complexity index is 675. The Hall–Kier alpha value is -2.32. The monoisotopic (exact) mass is 377 g/mol. The summed E-state index contributed by atoms with van der Waals surface area (Å²) in [7, 11) is 3.11. The lowest BCUT2D eigenvalue weighted by atomic mass is 10.1. The number of amides is 2. The maximum absolute atomic E-state index is 12.6. The van der Waals surface area contributed by atoms with E-state index in [0.717, 1.165) is 32.8 Å². The highest BCUT2D eigenvalue weighted by molar-refractivity contribution is 5.98. The van der Waals surface area contributed by atoms with Crippen LogP contribution in [-0.4, -0.2) is 81.8 Å². The van der Waals surface area contributed by atoms with Gasteiger partial charge < -0.3 is 24.4 Å². The van der Waals surface area contributed by atoms with Crippen LogP contribution in [0.1, 0.15) is 6.42 Å². The molecule has 2 saturated heterocycles. The summed E-state index contributed by atoms with van der Waals surface area (Å²) in [5.74, 6) is 0.686. The molecule has 1 aromatic rings. The molecule has 1 atom stereocenters. The van der Waals surface area contributed by atoms with Crippen LogP contribution in [0.4, 0.5) is 5.69 Å². The molecule has 0 aromatic heterocycles. The average molecular weight is 377 g/mol. The van der Waals surface area contributed by atoms with E-state index in [-0.39, 0.29) is 24.2 Å². The van der Waals surface area contributed by atoms with Crippen molar-refractivity contribution in [2.75, 3.05) is 65.5 Å². The zero-order valence-corrected chi connectivity index (χ0v) is 15.9. The van der Waals surface area contributed by atoms with E-state index >= 15 is 0 Å². The largest absolute Gasteiger partial charge is 0.497 e. The summed E-state index contributed by atoms with van der Waals surface area (Å²) in [6.07, 6.45) is 0.243. The first-order valence-corrected chi connectivity index (χ1v) is 9.21. The number of benzene rings is 1. The van der Waals surface area contributed by atoms with E-state index in [2.05, 4.69) is 10.2 Å². The molecule has 0 radical (unpaired) electrons. The second kappa shape index (κ2) is 9.05. The maximum Gasteiger partial charge on any atom is 0.229 e.